The second-order valence-corrected chi connectivity index (χ2v) is 6.73. The van der Waals surface area contributed by atoms with E-state index in [2.05, 4.69) is 0 Å². The summed E-state index contributed by atoms with van der Waals surface area (Å²) in [5, 5.41) is 18.5. The second-order valence-electron chi connectivity index (χ2n) is 6.73. The first-order chi connectivity index (χ1) is 10.0. The van der Waals surface area contributed by atoms with Gasteiger partial charge >= 0.3 is 12.0 Å². The Morgan fingerprint density at radius 2 is 1.57 bits per heavy atom. The van der Waals surface area contributed by atoms with Crippen molar-refractivity contribution >= 4 is 12.0 Å². The molecule has 2 atom stereocenters. The van der Waals surface area contributed by atoms with E-state index in [1.54, 1.807) is 0 Å². The number of fused-ring (bicyclic) bond motifs is 2. The van der Waals surface area contributed by atoms with Crippen molar-refractivity contribution in [3.63, 3.8) is 0 Å². The average molecular weight is 296 g/mol. The van der Waals surface area contributed by atoms with Crippen LogP contribution >= 0.6 is 0 Å². The van der Waals surface area contributed by atoms with E-state index in [0.717, 1.165) is 25.7 Å². The number of carboxylic acids is 1. The number of nitrogens with zero attached hydrogens (tertiary/aromatic N) is 2. The molecular formula is C15H24N2O4. The summed E-state index contributed by atoms with van der Waals surface area (Å²) in [6.07, 6.45) is 4.94. The third-order valence-electron chi connectivity index (χ3n) is 5.25. The average Bonchev–Trinajstić information content (AvgIpc) is 2.70. The lowest BCUT2D eigenvalue weighted by molar-refractivity contribution is -0.138. The number of likely N-dealkylation sites (tertiary alicyclic amines) is 1. The SMILES string of the molecule is O=C(O)CC1CC2CCC(C1)N2C(=O)N1CCC(O)CC1. The summed E-state index contributed by atoms with van der Waals surface area (Å²) < 4.78 is 0. The number of carboxylic acid groups (broad SMARTS) is 1. The van der Waals surface area contributed by atoms with Crippen LogP contribution in [0.1, 0.15) is 44.9 Å². The Hall–Kier alpha value is -1.30. The van der Waals surface area contributed by atoms with E-state index in [9.17, 15) is 14.7 Å². The van der Waals surface area contributed by atoms with Gasteiger partial charge in [0.15, 0.2) is 0 Å². The van der Waals surface area contributed by atoms with Crippen molar-refractivity contribution in [3.05, 3.63) is 0 Å². The fourth-order valence-corrected chi connectivity index (χ4v) is 4.24. The van der Waals surface area contributed by atoms with Gasteiger partial charge in [-0.1, -0.05) is 0 Å². The number of rotatable bonds is 2. The Balaban J connectivity index is 1.62. The molecule has 0 radical (unpaired) electrons. The Kier molecular flexibility index (Phi) is 4.06. The van der Waals surface area contributed by atoms with Gasteiger partial charge in [-0.25, -0.2) is 4.79 Å². The van der Waals surface area contributed by atoms with Gasteiger partial charge in [0.2, 0.25) is 0 Å². The quantitative estimate of drug-likeness (QED) is 0.804. The Morgan fingerprint density at radius 3 is 2.10 bits per heavy atom. The molecule has 0 aromatic heterocycles. The highest BCUT2D eigenvalue weighted by Gasteiger charge is 2.45. The molecule has 0 saturated carbocycles. The van der Waals surface area contributed by atoms with Gasteiger partial charge in [-0.05, 0) is 44.4 Å². The molecule has 3 heterocycles. The molecule has 0 aromatic carbocycles. The molecular weight excluding hydrogens is 272 g/mol. The van der Waals surface area contributed by atoms with Crippen molar-refractivity contribution in [2.45, 2.75) is 63.1 Å². The van der Waals surface area contributed by atoms with Crippen LogP contribution in [0.25, 0.3) is 0 Å². The van der Waals surface area contributed by atoms with Crippen LogP contribution in [0, 0.1) is 5.92 Å². The molecule has 0 spiro atoms. The van der Waals surface area contributed by atoms with Gasteiger partial charge in [0, 0.05) is 31.6 Å². The van der Waals surface area contributed by atoms with E-state index in [1.807, 2.05) is 9.80 Å². The molecule has 21 heavy (non-hydrogen) atoms. The molecule has 2 bridgehead atoms. The Morgan fingerprint density at radius 1 is 1.00 bits per heavy atom. The first kappa shape index (κ1) is 14.6. The number of hydrogen-bond acceptors (Lipinski definition) is 3. The zero-order chi connectivity index (χ0) is 15.0. The monoisotopic (exact) mass is 296 g/mol. The minimum absolute atomic E-state index is 0.100. The summed E-state index contributed by atoms with van der Waals surface area (Å²) in [7, 11) is 0. The first-order valence-corrected chi connectivity index (χ1v) is 8.01. The van der Waals surface area contributed by atoms with E-state index in [1.165, 1.54) is 0 Å². The van der Waals surface area contributed by atoms with E-state index in [4.69, 9.17) is 5.11 Å². The molecule has 0 aliphatic carbocycles. The van der Waals surface area contributed by atoms with Gasteiger partial charge in [0.05, 0.1) is 6.10 Å². The topological polar surface area (TPSA) is 81.1 Å². The van der Waals surface area contributed by atoms with E-state index in [0.29, 0.717) is 25.9 Å². The van der Waals surface area contributed by atoms with Crippen molar-refractivity contribution in [1.82, 2.24) is 9.80 Å². The van der Waals surface area contributed by atoms with Gasteiger partial charge in [0.1, 0.15) is 0 Å². The van der Waals surface area contributed by atoms with Crippen LogP contribution < -0.4 is 0 Å². The predicted octanol–water partition coefficient (Wildman–Crippen LogP) is 1.28. The molecule has 3 rings (SSSR count). The van der Waals surface area contributed by atoms with Gasteiger partial charge in [-0.2, -0.15) is 0 Å². The lowest BCUT2D eigenvalue weighted by Gasteiger charge is -2.42. The lowest BCUT2D eigenvalue weighted by atomic mass is 9.88. The molecule has 3 aliphatic rings. The van der Waals surface area contributed by atoms with E-state index in [-0.39, 0.29) is 36.6 Å². The number of hydrogen-bond donors (Lipinski definition) is 2. The minimum Gasteiger partial charge on any atom is -0.481 e. The van der Waals surface area contributed by atoms with Gasteiger partial charge in [-0.3, -0.25) is 4.79 Å². The Labute approximate surface area is 124 Å². The molecule has 3 saturated heterocycles. The standard InChI is InChI=1S/C15H24N2O4/c18-13-3-5-16(6-4-13)15(21)17-11-1-2-12(17)8-10(7-11)9-14(19)20/h10-13,18H,1-9H2,(H,19,20). The number of aliphatic carboxylic acids is 1. The largest absolute Gasteiger partial charge is 0.481 e. The van der Waals surface area contributed by atoms with Crippen molar-refractivity contribution in [1.29, 1.82) is 0 Å². The van der Waals surface area contributed by atoms with Crippen LogP contribution in [0.15, 0.2) is 0 Å². The highest BCUT2D eigenvalue weighted by molar-refractivity contribution is 5.76. The summed E-state index contributed by atoms with van der Waals surface area (Å²) in [6, 6.07) is 0.531. The van der Waals surface area contributed by atoms with Crippen molar-refractivity contribution in [3.8, 4) is 0 Å². The molecule has 3 aliphatic heterocycles. The highest BCUT2D eigenvalue weighted by Crippen LogP contribution is 2.40. The number of urea groups is 1. The fourth-order valence-electron chi connectivity index (χ4n) is 4.24. The molecule has 6 nitrogen and oxygen atoms in total. The van der Waals surface area contributed by atoms with Crippen LogP contribution in [-0.2, 0) is 4.79 Å². The van der Waals surface area contributed by atoms with Crippen LogP contribution in [0.3, 0.4) is 0 Å². The summed E-state index contributed by atoms with van der Waals surface area (Å²) >= 11 is 0. The van der Waals surface area contributed by atoms with Crippen molar-refractivity contribution in [2.75, 3.05) is 13.1 Å². The number of aliphatic hydroxyl groups is 1. The Bertz CT molecular complexity index is 406. The molecule has 118 valence electrons. The molecule has 6 heteroatoms. The molecule has 2 unspecified atom stereocenters. The number of amides is 2. The van der Waals surface area contributed by atoms with Gasteiger partial charge in [-0.15, -0.1) is 0 Å². The van der Waals surface area contributed by atoms with Gasteiger partial charge in [0.25, 0.3) is 0 Å². The minimum atomic E-state index is -0.732. The predicted molar refractivity (Wildman–Crippen MR) is 75.8 cm³/mol. The summed E-state index contributed by atoms with van der Waals surface area (Å²) in [5.41, 5.74) is 0. The first-order valence-electron chi connectivity index (χ1n) is 8.01. The highest BCUT2D eigenvalue weighted by atomic mass is 16.4. The summed E-state index contributed by atoms with van der Waals surface area (Å²) in [4.78, 5) is 27.5. The van der Waals surface area contributed by atoms with Crippen LogP contribution in [0.4, 0.5) is 4.79 Å². The number of carbonyl (C=O) groups excluding carboxylic acids is 1. The van der Waals surface area contributed by atoms with Crippen LogP contribution in [-0.4, -0.2) is 63.3 Å². The molecule has 3 fully saturated rings. The number of carbonyl (C=O) groups is 2. The summed E-state index contributed by atoms with van der Waals surface area (Å²) in [6.45, 7) is 1.27. The third kappa shape index (κ3) is 3.00. The number of aliphatic hydroxyl groups excluding tert-OH is 1. The summed E-state index contributed by atoms with van der Waals surface area (Å²) in [5.74, 6) is -0.517. The second kappa shape index (κ2) is 5.83. The number of piperidine rings is 2. The van der Waals surface area contributed by atoms with Crippen LogP contribution in [0.2, 0.25) is 0 Å². The molecule has 0 aromatic rings. The van der Waals surface area contributed by atoms with Gasteiger partial charge < -0.3 is 20.0 Å². The normalized spacial score (nSPS) is 33.3. The zero-order valence-electron chi connectivity index (χ0n) is 12.3. The fraction of sp³-hybridized carbons (Fsp3) is 0.867. The zero-order valence-corrected chi connectivity index (χ0v) is 12.3. The van der Waals surface area contributed by atoms with Crippen molar-refractivity contribution in [2.24, 2.45) is 5.92 Å². The molecule has 2 amide bonds. The van der Waals surface area contributed by atoms with Crippen molar-refractivity contribution < 1.29 is 19.8 Å². The van der Waals surface area contributed by atoms with E-state index >= 15 is 0 Å². The smallest absolute Gasteiger partial charge is 0.320 e. The maximum Gasteiger partial charge on any atom is 0.320 e. The van der Waals surface area contributed by atoms with Crippen LogP contribution in [0.5, 0.6) is 0 Å². The lowest BCUT2D eigenvalue weighted by Crippen LogP contribution is -2.54. The maximum absolute atomic E-state index is 12.7. The third-order valence-corrected chi connectivity index (χ3v) is 5.25. The molecule has 2 N–H and O–H groups in total. The maximum atomic E-state index is 12.7. The van der Waals surface area contributed by atoms with E-state index < -0.39 is 5.97 Å².